The van der Waals surface area contributed by atoms with Crippen molar-refractivity contribution in [3.05, 3.63) is 34.9 Å². The summed E-state index contributed by atoms with van der Waals surface area (Å²) in [5, 5.41) is 3.22. The molecule has 2 aliphatic heterocycles. The van der Waals surface area contributed by atoms with Crippen molar-refractivity contribution in [2.24, 2.45) is 0 Å². The number of hydrogen-bond donors (Lipinski definition) is 1. The van der Waals surface area contributed by atoms with Crippen molar-refractivity contribution in [2.45, 2.75) is 58.2 Å². The monoisotopic (exact) mass is 316 g/mol. The van der Waals surface area contributed by atoms with E-state index in [4.69, 9.17) is 4.74 Å². The molecule has 23 heavy (non-hydrogen) atoms. The number of carbonyl (C=O) groups is 1. The van der Waals surface area contributed by atoms with E-state index in [9.17, 15) is 4.79 Å². The molecule has 0 unspecified atom stereocenters. The number of nitrogens with one attached hydrogen (secondary N) is 1. The molecule has 0 radical (unpaired) electrons. The summed E-state index contributed by atoms with van der Waals surface area (Å²) in [4.78, 5) is 14.7. The zero-order chi connectivity index (χ0) is 16.4. The summed E-state index contributed by atoms with van der Waals surface area (Å²) >= 11 is 0. The number of amides is 1. The van der Waals surface area contributed by atoms with Crippen molar-refractivity contribution in [2.75, 3.05) is 19.7 Å². The van der Waals surface area contributed by atoms with Gasteiger partial charge in [-0.2, -0.15) is 0 Å². The molecule has 1 N–H and O–H groups in total. The van der Waals surface area contributed by atoms with Gasteiger partial charge in [-0.05, 0) is 44.7 Å². The molecule has 2 aliphatic rings. The lowest BCUT2D eigenvalue weighted by Crippen LogP contribution is -2.45. The normalized spacial score (nSPS) is 27.7. The van der Waals surface area contributed by atoms with E-state index in [1.165, 1.54) is 16.7 Å². The Hall–Kier alpha value is -1.39. The fraction of sp³-hybridized carbons (Fsp3) is 0.632. The van der Waals surface area contributed by atoms with E-state index >= 15 is 0 Å². The molecule has 2 fully saturated rings. The van der Waals surface area contributed by atoms with E-state index in [1.807, 2.05) is 0 Å². The van der Waals surface area contributed by atoms with Gasteiger partial charge < -0.3 is 10.1 Å². The standard InChI is InChI=1S/C19H28N2O2/c1-13-4-5-16(14(2)8-13)6-7-19(22)20-17-9-18-12-23-15(3)10-21(18)11-17/h4-5,8,15,17-18H,6-7,9-12H2,1-3H3,(H,20,22)/t15-,17+,18-/m0/s1. The Morgan fingerprint density at radius 2 is 2.17 bits per heavy atom. The third-order valence-corrected chi connectivity index (χ3v) is 5.08. The van der Waals surface area contributed by atoms with Crippen molar-refractivity contribution >= 4 is 5.91 Å². The van der Waals surface area contributed by atoms with Crippen LogP contribution in [-0.4, -0.2) is 48.7 Å². The smallest absolute Gasteiger partial charge is 0.220 e. The van der Waals surface area contributed by atoms with Crippen molar-refractivity contribution < 1.29 is 9.53 Å². The van der Waals surface area contributed by atoms with Gasteiger partial charge in [0.05, 0.1) is 12.7 Å². The third kappa shape index (κ3) is 4.12. The molecule has 0 aromatic heterocycles. The number of carbonyl (C=O) groups excluding carboxylic acids is 1. The van der Waals surface area contributed by atoms with Crippen LogP contribution < -0.4 is 5.32 Å². The van der Waals surface area contributed by atoms with E-state index < -0.39 is 0 Å². The summed E-state index contributed by atoms with van der Waals surface area (Å²) in [7, 11) is 0. The highest BCUT2D eigenvalue weighted by molar-refractivity contribution is 5.76. The molecule has 4 nitrogen and oxygen atoms in total. The molecule has 3 rings (SSSR count). The predicted molar refractivity (Wildman–Crippen MR) is 91.6 cm³/mol. The van der Waals surface area contributed by atoms with Crippen molar-refractivity contribution in [1.29, 1.82) is 0 Å². The Morgan fingerprint density at radius 3 is 2.96 bits per heavy atom. The third-order valence-electron chi connectivity index (χ3n) is 5.08. The zero-order valence-electron chi connectivity index (χ0n) is 14.5. The van der Waals surface area contributed by atoms with Gasteiger partial charge in [-0.15, -0.1) is 0 Å². The number of ether oxygens (including phenoxy) is 1. The van der Waals surface area contributed by atoms with Gasteiger partial charge in [-0.3, -0.25) is 9.69 Å². The first-order valence-corrected chi connectivity index (χ1v) is 8.72. The van der Waals surface area contributed by atoms with Crippen LogP contribution in [0, 0.1) is 13.8 Å². The van der Waals surface area contributed by atoms with Gasteiger partial charge in [-0.25, -0.2) is 0 Å². The molecule has 126 valence electrons. The lowest BCUT2D eigenvalue weighted by molar-refractivity contribution is -0.121. The molecular weight excluding hydrogens is 288 g/mol. The highest BCUT2D eigenvalue weighted by atomic mass is 16.5. The van der Waals surface area contributed by atoms with Crippen LogP contribution in [0.25, 0.3) is 0 Å². The molecule has 2 heterocycles. The van der Waals surface area contributed by atoms with Crippen LogP contribution >= 0.6 is 0 Å². The molecule has 0 bridgehead atoms. The number of benzene rings is 1. The molecular formula is C19H28N2O2. The minimum atomic E-state index is 0.170. The summed E-state index contributed by atoms with van der Waals surface area (Å²) in [6, 6.07) is 7.21. The lowest BCUT2D eigenvalue weighted by atomic mass is 10.0. The van der Waals surface area contributed by atoms with Crippen molar-refractivity contribution in [1.82, 2.24) is 10.2 Å². The molecule has 2 saturated heterocycles. The van der Waals surface area contributed by atoms with Gasteiger partial charge in [0.25, 0.3) is 0 Å². The van der Waals surface area contributed by atoms with Crippen molar-refractivity contribution in [3.63, 3.8) is 0 Å². The zero-order valence-corrected chi connectivity index (χ0v) is 14.5. The van der Waals surface area contributed by atoms with E-state index in [2.05, 4.69) is 49.2 Å². The fourth-order valence-corrected chi connectivity index (χ4v) is 3.82. The number of rotatable bonds is 4. The Bertz CT molecular complexity index is 572. The van der Waals surface area contributed by atoms with Gasteiger partial charge in [0.1, 0.15) is 0 Å². The minimum absolute atomic E-state index is 0.170. The van der Waals surface area contributed by atoms with Crippen LogP contribution in [0.15, 0.2) is 18.2 Å². The van der Waals surface area contributed by atoms with Gasteiger partial charge in [0.2, 0.25) is 5.91 Å². The van der Waals surface area contributed by atoms with Crippen LogP contribution in [0.4, 0.5) is 0 Å². The Labute approximate surface area is 139 Å². The average molecular weight is 316 g/mol. The summed E-state index contributed by atoms with van der Waals surface area (Å²) in [6.45, 7) is 9.09. The van der Waals surface area contributed by atoms with Crippen LogP contribution in [0.3, 0.4) is 0 Å². The first-order chi connectivity index (χ1) is 11.0. The van der Waals surface area contributed by atoms with E-state index in [0.29, 0.717) is 18.6 Å². The Kier molecular flexibility index (Phi) is 5.02. The average Bonchev–Trinajstić information content (AvgIpc) is 2.87. The maximum Gasteiger partial charge on any atom is 0.220 e. The summed E-state index contributed by atoms with van der Waals surface area (Å²) in [5.41, 5.74) is 3.83. The van der Waals surface area contributed by atoms with E-state index in [1.54, 1.807) is 0 Å². The molecule has 4 heteroatoms. The molecule has 0 aliphatic carbocycles. The molecule has 0 spiro atoms. The SMILES string of the molecule is Cc1ccc(CCC(=O)N[C@@H]2C[C@H]3CO[C@@H](C)CN3C2)c(C)c1. The second-order valence-electron chi connectivity index (χ2n) is 7.18. The highest BCUT2D eigenvalue weighted by Crippen LogP contribution is 2.23. The maximum absolute atomic E-state index is 12.3. The molecule has 1 aromatic rings. The lowest BCUT2D eigenvalue weighted by Gasteiger charge is -2.33. The minimum Gasteiger partial charge on any atom is -0.376 e. The highest BCUT2D eigenvalue weighted by Gasteiger charge is 2.36. The van der Waals surface area contributed by atoms with Crippen LogP contribution in [0.5, 0.6) is 0 Å². The summed E-state index contributed by atoms with van der Waals surface area (Å²) < 4.78 is 5.72. The summed E-state index contributed by atoms with van der Waals surface area (Å²) in [5.74, 6) is 0.170. The van der Waals surface area contributed by atoms with Gasteiger partial charge in [0, 0.05) is 31.6 Å². The quantitative estimate of drug-likeness (QED) is 0.926. The topological polar surface area (TPSA) is 41.6 Å². The van der Waals surface area contributed by atoms with Crippen LogP contribution in [-0.2, 0) is 16.0 Å². The van der Waals surface area contributed by atoms with E-state index in [-0.39, 0.29) is 11.9 Å². The largest absolute Gasteiger partial charge is 0.376 e. The van der Waals surface area contributed by atoms with Crippen LogP contribution in [0.2, 0.25) is 0 Å². The fourth-order valence-electron chi connectivity index (χ4n) is 3.82. The Morgan fingerprint density at radius 1 is 1.35 bits per heavy atom. The van der Waals surface area contributed by atoms with Gasteiger partial charge >= 0.3 is 0 Å². The number of aryl methyl sites for hydroxylation is 3. The molecule has 1 aromatic carbocycles. The first-order valence-electron chi connectivity index (χ1n) is 8.72. The number of morpholine rings is 1. The molecule has 1 amide bonds. The number of fused-ring (bicyclic) bond motifs is 1. The summed E-state index contributed by atoms with van der Waals surface area (Å²) in [6.07, 6.45) is 2.71. The van der Waals surface area contributed by atoms with Gasteiger partial charge in [0.15, 0.2) is 0 Å². The van der Waals surface area contributed by atoms with Gasteiger partial charge in [-0.1, -0.05) is 23.8 Å². The predicted octanol–water partition coefficient (Wildman–Crippen LogP) is 2.21. The van der Waals surface area contributed by atoms with Crippen molar-refractivity contribution in [3.8, 4) is 0 Å². The van der Waals surface area contributed by atoms with Crippen LogP contribution in [0.1, 0.15) is 36.5 Å². The second kappa shape index (κ2) is 7.02. The number of nitrogens with zero attached hydrogens (tertiary/aromatic N) is 1. The number of hydrogen-bond acceptors (Lipinski definition) is 3. The second-order valence-corrected chi connectivity index (χ2v) is 7.18. The molecule has 3 atom stereocenters. The first kappa shape index (κ1) is 16.5. The van der Waals surface area contributed by atoms with E-state index in [0.717, 1.165) is 32.5 Å². The Balaban J connectivity index is 1.46. The maximum atomic E-state index is 12.3. The molecule has 0 saturated carbocycles.